The SMILES string of the molecule is COc1cnc2c(Nc3ccc(CP(=O)(O)O)cc3)ccnc2c1. The molecule has 124 valence electrons. The molecule has 0 saturated carbocycles. The van der Waals surface area contributed by atoms with Crippen LogP contribution < -0.4 is 10.1 Å². The third kappa shape index (κ3) is 3.89. The number of hydrogen-bond acceptors (Lipinski definition) is 5. The fourth-order valence-electron chi connectivity index (χ4n) is 2.31. The van der Waals surface area contributed by atoms with Crippen LogP contribution in [0.2, 0.25) is 0 Å². The second-order valence-corrected chi connectivity index (χ2v) is 6.89. The second-order valence-electron chi connectivity index (χ2n) is 5.25. The quantitative estimate of drug-likeness (QED) is 0.610. The summed E-state index contributed by atoms with van der Waals surface area (Å²) in [4.78, 5) is 26.7. The van der Waals surface area contributed by atoms with Crippen molar-refractivity contribution in [2.24, 2.45) is 0 Å². The predicted octanol–water partition coefficient (Wildman–Crippen LogP) is 3.06. The molecule has 0 aliphatic rings. The summed E-state index contributed by atoms with van der Waals surface area (Å²) in [5, 5.41) is 3.24. The van der Waals surface area contributed by atoms with Gasteiger partial charge in [-0.1, -0.05) is 12.1 Å². The summed E-state index contributed by atoms with van der Waals surface area (Å²) in [5.74, 6) is 0.633. The molecule has 7 nitrogen and oxygen atoms in total. The lowest BCUT2D eigenvalue weighted by Gasteiger charge is -2.10. The Morgan fingerprint density at radius 2 is 1.92 bits per heavy atom. The number of rotatable bonds is 5. The molecule has 0 radical (unpaired) electrons. The highest BCUT2D eigenvalue weighted by atomic mass is 31.2. The van der Waals surface area contributed by atoms with Crippen LogP contribution in [0.3, 0.4) is 0 Å². The first-order chi connectivity index (χ1) is 11.4. The van der Waals surface area contributed by atoms with Gasteiger partial charge >= 0.3 is 7.60 Å². The lowest BCUT2D eigenvalue weighted by molar-refractivity contribution is 0.371. The van der Waals surface area contributed by atoms with E-state index in [-0.39, 0.29) is 6.16 Å². The minimum atomic E-state index is -4.06. The van der Waals surface area contributed by atoms with E-state index >= 15 is 0 Å². The van der Waals surface area contributed by atoms with E-state index in [2.05, 4.69) is 15.3 Å². The van der Waals surface area contributed by atoms with Crippen molar-refractivity contribution in [1.29, 1.82) is 0 Å². The van der Waals surface area contributed by atoms with Crippen molar-refractivity contribution in [1.82, 2.24) is 9.97 Å². The van der Waals surface area contributed by atoms with Gasteiger partial charge in [-0.15, -0.1) is 0 Å². The number of hydrogen-bond donors (Lipinski definition) is 3. The smallest absolute Gasteiger partial charge is 0.329 e. The second kappa shape index (κ2) is 6.57. The number of anilines is 2. The third-order valence-electron chi connectivity index (χ3n) is 3.41. The molecule has 0 amide bonds. The van der Waals surface area contributed by atoms with Gasteiger partial charge in [0.25, 0.3) is 0 Å². The molecule has 2 heterocycles. The monoisotopic (exact) mass is 345 g/mol. The van der Waals surface area contributed by atoms with Gasteiger partial charge in [-0.25, -0.2) is 4.98 Å². The number of ether oxygens (including phenoxy) is 1. The number of nitrogens with one attached hydrogen (secondary N) is 1. The fraction of sp³-hybridized carbons (Fsp3) is 0.125. The molecule has 8 heteroatoms. The van der Waals surface area contributed by atoms with Crippen molar-refractivity contribution >= 4 is 30.0 Å². The van der Waals surface area contributed by atoms with Gasteiger partial charge in [0.2, 0.25) is 0 Å². The van der Waals surface area contributed by atoms with Gasteiger partial charge in [-0.2, -0.15) is 0 Å². The Hall–Kier alpha value is -2.47. The maximum atomic E-state index is 11.0. The highest BCUT2D eigenvalue weighted by molar-refractivity contribution is 7.50. The minimum Gasteiger partial charge on any atom is -0.495 e. The van der Waals surface area contributed by atoms with E-state index in [0.29, 0.717) is 22.3 Å². The number of nitrogens with zero attached hydrogens (tertiary/aromatic N) is 2. The predicted molar refractivity (Wildman–Crippen MR) is 91.6 cm³/mol. The number of aromatic nitrogens is 2. The number of benzene rings is 1. The van der Waals surface area contributed by atoms with E-state index in [1.165, 1.54) is 0 Å². The molecule has 3 N–H and O–H groups in total. The lowest BCUT2D eigenvalue weighted by atomic mass is 10.2. The van der Waals surface area contributed by atoms with Gasteiger partial charge in [-0.05, 0) is 23.8 Å². The molecule has 3 aromatic rings. The minimum absolute atomic E-state index is 0.271. The Morgan fingerprint density at radius 1 is 1.17 bits per heavy atom. The van der Waals surface area contributed by atoms with Crippen LogP contribution in [0.4, 0.5) is 11.4 Å². The Kier molecular flexibility index (Phi) is 4.49. The average molecular weight is 345 g/mol. The van der Waals surface area contributed by atoms with Gasteiger partial charge in [-0.3, -0.25) is 9.55 Å². The molecule has 0 saturated heterocycles. The molecule has 0 bridgehead atoms. The van der Waals surface area contributed by atoms with E-state index in [9.17, 15) is 4.57 Å². The zero-order valence-electron chi connectivity index (χ0n) is 12.9. The van der Waals surface area contributed by atoms with Gasteiger partial charge < -0.3 is 19.8 Å². The zero-order valence-corrected chi connectivity index (χ0v) is 13.8. The van der Waals surface area contributed by atoms with E-state index in [1.807, 2.05) is 6.07 Å². The maximum Gasteiger partial charge on any atom is 0.329 e. The first kappa shape index (κ1) is 16.4. The number of fused-ring (bicyclic) bond motifs is 1. The van der Waals surface area contributed by atoms with Crippen LogP contribution >= 0.6 is 7.60 Å². The largest absolute Gasteiger partial charge is 0.495 e. The highest BCUT2D eigenvalue weighted by Crippen LogP contribution is 2.39. The topological polar surface area (TPSA) is 105 Å². The van der Waals surface area contributed by atoms with Crippen LogP contribution in [0.1, 0.15) is 5.56 Å². The molecule has 0 spiro atoms. The Balaban J connectivity index is 1.86. The molecule has 0 atom stereocenters. The normalized spacial score (nSPS) is 11.5. The summed E-state index contributed by atoms with van der Waals surface area (Å²) in [7, 11) is -2.49. The lowest BCUT2D eigenvalue weighted by Crippen LogP contribution is -1.95. The summed E-state index contributed by atoms with van der Waals surface area (Å²) < 4.78 is 16.2. The molecule has 0 aliphatic heterocycles. The van der Waals surface area contributed by atoms with Gasteiger partial charge in [0.1, 0.15) is 11.3 Å². The van der Waals surface area contributed by atoms with Crippen molar-refractivity contribution < 1.29 is 19.1 Å². The molecular weight excluding hydrogens is 329 g/mol. The van der Waals surface area contributed by atoms with Crippen LogP contribution in [0.25, 0.3) is 11.0 Å². The molecular formula is C16H16N3O4P. The van der Waals surface area contributed by atoms with Gasteiger partial charge in [0.15, 0.2) is 0 Å². The molecule has 24 heavy (non-hydrogen) atoms. The van der Waals surface area contributed by atoms with Crippen LogP contribution in [0.5, 0.6) is 5.75 Å². The van der Waals surface area contributed by atoms with Crippen molar-refractivity contribution in [2.45, 2.75) is 6.16 Å². The van der Waals surface area contributed by atoms with Crippen molar-refractivity contribution in [3.63, 3.8) is 0 Å². The number of methoxy groups -OCH3 is 1. The number of pyridine rings is 2. The van der Waals surface area contributed by atoms with Crippen molar-refractivity contribution in [3.8, 4) is 5.75 Å². The van der Waals surface area contributed by atoms with Gasteiger partial charge in [0.05, 0.1) is 30.7 Å². The Bertz CT molecular complexity index is 909. The molecule has 0 fully saturated rings. The summed E-state index contributed by atoms with van der Waals surface area (Å²) >= 11 is 0. The first-order valence-electron chi connectivity index (χ1n) is 7.14. The summed E-state index contributed by atoms with van der Waals surface area (Å²) in [6, 6.07) is 10.5. The van der Waals surface area contributed by atoms with Crippen LogP contribution in [0.15, 0.2) is 48.8 Å². The van der Waals surface area contributed by atoms with E-state index in [0.717, 1.165) is 11.4 Å². The Morgan fingerprint density at radius 3 is 2.58 bits per heavy atom. The van der Waals surface area contributed by atoms with Crippen molar-refractivity contribution in [2.75, 3.05) is 12.4 Å². The standard InChI is InChI=1S/C16H16N3O4P/c1-23-13-8-15-16(18-9-13)14(6-7-17-15)19-12-4-2-11(3-5-12)10-24(20,21)22/h2-9H,10H2,1H3,(H,17,19)(H2,20,21,22). The summed E-state index contributed by atoms with van der Waals surface area (Å²) in [5.41, 5.74) is 3.56. The van der Waals surface area contributed by atoms with E-state index in [4.69, 9.17) is 14.5 Å². The molecule has 3 rings (SSSR count). The fourth-order valence-corrected chi connectivity index (χ4v) is 3.00. The average Bonchev–Trinajstić information content (AvgIpc) is 2.55. The van der Waals surface area contributed by atoms with E-state index < -0.39 is 7.60 Å². The van der Waals surface area contributed by atoms with Gasteiger partial charge in [0, 0.05) is 18.0 Å². The maximum absolute atomic E-state index is 11.0. The first-order valence-corrected chi connectivity index (χ1v) is 8.94. The summed E-state index contributed by atoms with van der Waals surface area (Å²) in [6.07, 6.45) is 3.03. The Labute approximate surface area is 138 Å². The zero-order chi connectivity index (χ0) is 17.2. The third-order valence-corrected chi connectivity index (χ3v) is 4.19. The molecule has 2 aromatic heterocycles. The highest BCUT2D eigenvalue weighted by Gasteiger charge is 2.13. The van der Waals surface area contributed by atoms with E-state index in [1.54, 1.807) is 49.8 Å². The summed E-state index contributed by atoms with van der Waals surface area (Å²) in [6.45, 7) is 0. The molecule has 1 aromatic carbocycles. The molecule has 0 unspecified atom stereocenters. The van der Waals surface area contributed by atoms with Crippen molar-refractivity contribution in [3.05, 3.63) is 54.4 Å². The van der Waals surface area contributed by atoms with Crippen LogP contribution in [-0.2, 0) is 10.7 Å². The van der Waals surface area contributed by atoms with Crippen LogP contribution in [-0.4, -0.2) is 26.9 Å². The van der Waals surface area contributed by atoms with Crippen LogP contribution in [0, 0.1) is 0 Å². The molecule has 0 aliphatic carbocycles.